The lowest BCUT2D eigenvalue weighted by atomic mass is 10.0. The fourth-order valence-electron chi connectivity index (χ4n) is 3.70. The van der Waals surface area contributed by atoms with Crippen molar-refractivity contribution >= 4 is 11.6 Å². The molecule has 3 heterocycles. The van der Waals surface area contributed by atoms with E-state index >= 15 is 0 Å². The van der Waals surface area contributed by atoms with Crippen LogP contribution in [0.3, 0.4) is 0 Å². The van der Waals surface area contributed by atoms with E-state index in [1.807, 2.05) is 17.0 Å². The van der Waals surface area contributed by atoms with Gasteiger partial charge in [0.15, 0.2) is 17.8 Å². The normalized spacial score (nSPS) is 23.9. The van der Waals surface area contributed by atoms with Gasteiger partial charge in [-0.1, -0.05) is 0 Å². The first-order chi connectivity index (χ1) is 10.2. The Kier molecular flexibility index (Phi) is 2.75. The van der Waals surface area contributed by atoms with Crippen molar-refractivity contribution in [2.24, 2.45) is 0 Å². The lowest BCUT2D eigenvalue weighted by Crippen LogP contribution is -2.60. The molecule has 6 nitrogen and oxygen atoms in total. The van der Waals surface area contributed by atoms with E-state index in [0.717, 1.165) is 38.3 Å². The maximum Gasteiger partial charge on any atom is 0.258 e. The zero-order chi connectivity index (χ0) is 14.6. The second-order valence-corrected chi connectivity index (χ2v) is 5.65. The molecule has 0 radical (unpaired) electrons. The molecule has 6 heteroatoms. The molecule has 0 aliphatic carbocycles. The van der Waals surface area contributed by atoms with E-state index in [9.17, 15) is 4.79 Å². The molecule has 2 saturated heterocycles. The fraction of sp³-hybridized carbons (Fsp3) is 0.533. The number of benzene rings is 1. The molecule has 21 heavy (non-hydrogen) atoms. The molecule has 0 saturated carbocycles. The highest BCUT2D eigenvalue weighted by atomic mass is 16.5. The third-order valence-electron chi connectivity index (χ3n) is 4.66. The van der Waals surface area contributed by atoms with Crippen LogP contribution >= 0.6 is 0 Å². The van der Waals surface area contributed by atoms with Crippen LogP contribution < -0.4 is 14.4 Å². The van der Waals surface area contributed by atoms with Crippen molar-refractivity contribution in [1.82, 2.24) is 9.80 Å². The quantitative estimate of drug-likeness (QED) is 0.812. The van der Waals surface area contributed by atoms with Gasteiger partial charge in [-0.2, -0.15) is 0 Å². The van der Waals surface area contributed by atoms with Crippen LogP contribution in [0.4, 0.5) is 5.69 Å². The van der Waals surface area contributed by atoms with E-state index in [1.165, 1.54) is 0 Å². The number of fused-ring (bicyclic) bond motifs is 2. The molecule has 112 valence electrons. The molecule has 0 aromatic heterocycles. The van der Waals surface area contributed by atoms with Crippen molar-refractivity contribution in [2.45, 2.75) is 12.7 Å². The Hall–Kier alpha value is -1.95. The molecular formula is C15H19N3O3. The molecular weight excluding hydrogens is 270 g/mol. The summed E-state index contributed by atoms with van der Waals surface area (Å²) in [5, 5.41) is 0. The van der Waals surface area contributed by atoms with Gasteiger partial charge in [0.25, 0.3) is 5.91 Å². The van der Waals surface area contributed by atoms with Gasteiger partial charge in [0.1, 0.15) is 0 Å². The topological polar surface area (TPSA) is 45.3 Å². The number of carbonyl (C=O) groups excluding carboxylic acids is 1. The van der Waals surface area contributed by atoms with Crippen molar-refractivity contribution in [3.8, 4) is 11.5 Å². The van der Waals surface area contributed by atoms with Crippen LogP contribution in [0.1, 0.15) is 16.8 Å². The first-order valence-corrected chi connectivity index (χ1v) is 7.32. The van der Waals surface area contributed by atoms with Gasteiger partial charge >= 0.3 is 0 Å². The molecule has 1 unspecified atom stereocenters. The summed E-state index contributed by atoms with van der Waals surface area (Å²) >= 11 is 0. The van der Waals surface area contributed by atoms with Gasteiger partial charge in [-0.25, -0.2) is 0 Å². The van der Waals surface area contributed by atoms with E-state index in [2.05, 4.69) is 9.80 Å². The Morgan fingerprint density at radius 1 is 1.00 bits per heavy atom. The van der Waals surface area contributed by atoms with E-state index in [4.69, 9.17) is 9.47 Å². The molecule has 1 atom stereocenters. The van der Waals surface area contributed by atoms with Crippen molar-refractivity contribution in [3.05, 3.63) is 17.7 Å². The number of hydrogen-bond donors (Lipinski definition) is 0. The summed E-state index contributed by atoms with van der Waals surface area (Å²) in [6.07, 6.45) is 1.20. The maximum atomic E-state index is 12.8. The van der Waals surface area contributed by atoms with Crippen LogP contribution in [0, 0.1) is 0 Å². The van der Waals surface area contributed by atoms with Gasteiger partial charge in [0.2, 0.25) is 0 Å². The summed E-state index contributed by atoms with van der Waals surface area (Å²) in [7, 11) is 3.22. The maximum absolute atomic E-state index is 12.8. The molecule has 0 N–H and O–H groups in total. The SMILES string of the molecule is COc1cc2c(cc1OC)N1CCCN3CCN(C2=O)C31. The summed E-state index contributed by atoms with van der Waals surface area (Å²) in [6, 6.07) is 3.75. The van der Waals surface area contributed by atoms with Gasteiger partial charge in [-0.15, -0.1) is 0 Å². The van der Waals surface area contributed by atoms with Gasteiger partial charge in [0, 0.05) is 32.2 Å². The predicted molar refractivity (Wildman–Crippen MR) is 77.9 cm³/mol. The van der Waals surface area contributed by atoms with Crippen LogP contribution in [-0.2, 0) is 0 Å². The minimum absolute atomic E-state index is 0.0804. The number of rotatable bonds is 2. The first-order valence-electron chi connectivity index (χ1n) is 7.32. The molecule has 0 bridgehead atoms. The predicted octanol–water partition coefficient (Wildman–Crippen LogP) is 0.969. The van der Waals surface area contributed by atoms with Crippen LogP contribution in [0.2, 0.25) is 0 Å². The van der Waals surface area contributed by atoms with Crippen LogP contribution in [0.25, 0.3) is 0 Å². The Morgan fingerprint density at radius 2 is 1.76 bits per heavy atom. The van der Waals surface area contributed by atoms with Crippen LogP contribution in [0.15, 0.2) is 12.1 Å². The van der Waals surface area contributed by atoms with Crippen molar-refractivity contribution < 1.29 is 14.3 Å². The lowest BCUT2D eigenvalue weighted by Gasteiger charge is -2.47. The Bertz CT molecular complexity index is 604. The summed E-state index contributed by atoms with van der Waals surface area (Å²) in [4.78, 5) is 19.4. The number of nitrogens with zero attached hydrogens (tertiary/aromatic N) is 3. The molecule has 4 rings (SSSR count). The zero-order valence-electron chi connectivity index (χ0n) is 12.3. The molecule has 3 aliphatic rings. The third-order valence-corrected chi connectivity index (χ3v) is 4.66. The largest absolute Gasteiger partial charge is 0.493 e. The second-order valence-electron chi connectivity index (χ2n) is 5.65. The number of hydrogen-bond acceptors (Lipinski definition) is 5. The van der Waals surface area contributed by atoms with Crippen LogP contribution in [-0.4, -0.2) is 62.4 Å². The van der Waals surface area contributed by atoms with Gasteiger partial charge in [0.05, 0.1) is 25.5 Å². The number of amides is 1. The van der Waals surface area contributed by atoms with Gasteiger partial charge in [-0.3, -0.25) is 9.69 Å². The Labute approximate surface area is 123 Å². The average Bonchev–Trinajstić information content (AvgIpc) is 2.96. The first kappa shape index (κ1) is 12.8. The number of anilines is 1. The van der Waals surface area contributed by atoms with E-state index < -0.39 is 0 Å². The summed E-state index contributed by atoms with van der Waals surface area (Å²) in [6.45, 7) is 3.78. The highest BCUT2D eigenvalue weighted by Gasteiger charge is 2.46. The number of methoxy groups -OCH3 is 2. The van der Waals surface area contributed by atoms with E-state index in [0.29, 0.717) is 17.1 Å². The molecule has 2 fully saturated rings. The third kappa shape index (κ3) is 1.65. The van der Waals surface area contributed by atoms with Crippen molar-refractivity contribution in [3.63, 3.8) is 0 Å². The minimum Gasteiger partial charge on any atom is -0.493 e. The second kappa shape index (κ2) is 4.53. The van der Waals surface area contributed by atoms with Gasteiger partial charge < -0.3 is 19.3 Å². The summed E-state index contributed by atoms with van der Waals surface area (Å²) in [5.41, 5.74) is 1.68. The summed E-state index contributed by atoms with van der Waals surface area (Å²) in [5.74, 6) is 1.38. The van der Waals surface area contributed by atoms with Crippen molar-refractivity contribution in [2.75, 3.05) is 45.3 Å². The fourth-order valence-corrected chi connectivity index (χ4v) is 3.70. The lowest BCUT2D eigenvalue weighted by molar-refractivity contribution is 0.0549. The minimum atomic E-state index is 0.0804. The smallest absolute Gasteiger partial charge is 0.258 e. The Morgan fingerprint density at radius 3 is 2.52 bits per heavy atom. The molecule has 1 aromatic carbocycles. The molecule has 1 aromatic rings. The highest BCUT2D eigenvalue weighted by molar-refractivity contribution is 6.03. The molecule has 3 aliphatic heterocycles. The molecule has 1 amide bonds. The number of carbonyl (C=O) groups is 1. The molecule has 0 spiro atoms. The Balaban J connectivity index is 1.88. The average molecular weight is 289 g/mol. The van der Waals surface area contributed by atoms with Crippen molar-refractivity contribution in [1.29, 1.82) is 0 Å². The zero-order valence-corrected chi connectivity index (χ0v) is 12.3. The van der Waals surface area contributed by atoms with E-state index in [-0.39, 0.29) is 12.2 Å². The van der Waals surface area contributed by atoms with E-state index in [1.54, 1.807) is 14.2 Å². The highest BCUT2D eigenvalue weighted by Crippen LogP contribution is 2.42. The number of ether oxygens (including phenoxy) is 2. The monoisotopic (exact) mass is 289 g/mol. The van der Waals surface area contributed by atoms with Gasteiger partial charge in [-0.05, 0) is 12.5 Å². The summed E-state index contributed by atoms with van der Waals surface area (Å²) < 4.78 is 10.7. The standard InChI is InChI=1S/C15H19N3O3/c1-20-12-8-10-11(9-13(12)21-2)17-5-3-4-16-6-7-18(14(10)19)15(16)17/h8-9,15H,3-7H2,1-2H3. The van der Waals surface area contributed by atoms with Crippen LogP contribution in [0.5, 0.6) is 11.5 Å².